The zero-order chi connectivity index (χ0) is 13.5. The van der Waals surface area contributed by atoms with Crippen molar-refractivity contribution in [2.45, 2.75) is 25.5 Å². The Hall–Kier alpha value is -1.10. The number of rotatable bonds is 6. The molecule has 0 radical (unpaired) electrons. The second-order valence-corrected chi connectivity index (χ2v) is 4.39. The molecule has 0 aliphatic carbocycles. The fraction of sp³-hybridized carbons (Fsp3) is 0.500. The van der Waals surface area contributed by atoms with Gasteiger partial charge in [-0.3, -0.25) is 4.79 Å². The van der Waals surface area contributed by atoms with Gasteiger partial charge in [-0.1, -0.05) is 30.3 Å². The van der Waals surface area contributed by atoms with Gasteiger partial charge in [0.25, 0.3) is 0 Å². The quantitative estimate of drug-likeness (QED) is 0.870. The maximum atomic E-state index is 12.1. The van der Waals surface area contributed by atoms with E-state index in [-0.39, 0.29) is 30.5 Å². The number of nitrogens with zero attached hydrogens (tertiary/aromatic N) is 1. The fourth-order valence-electron chi connectivity index (χ4n) is 1.77. The number of halogens is 1. The van der Waals surface area contributed by atoms with Gasteiger partial charge in [-0.2, -0.15) is 0 Å². The molecule has 108 valence electrons. The fourth-order valence-corrected chi connectivity index (χ4v) is 1.77. The number of amides is 1. The van der Waals surface area contributed by atoms with E-state index in [0.29, 0.717) is 13.0 Å². The third-order valence-corrected chi connectivity index (χ3v) is 3.25. The predicted molar refractivity (Wildman–Crippen MR) is 79.3 cm³/mol. The second-order valence-electron chi connectivity index (χ2n) is 4.39. The summed E-state index contributed by atoms with van der Waals surface area (Å²) in [6.07, 6.45) is 0.114. The summed E-state index contributed by atoms with van der Waals surface area (Å²) in [5, 5.41) is 0. The molecular weight excluding hydrogens is 264 g/mol. The van der Waals surface area contributed by atoms with Gasteiger partial charge in [-0.15, -0.1) is 12.4 Å². The number of benzene rings is 1. The molecule has 0 fully saturated rings. The third-order valence-electron chi connectivity index (χ3n) is 3.25. The Bertz CT molecular complexity index is 369. The van der Waals surface area contributed by atoms with Crippen molar-refractivity contribution in [2.24, 2.45) is 5.73 Å². The topological polar surface area (TPSA) is 55.6 Å². The van der Waals surface area contributed by atoms with Gasteiger partial charge in [0.05, 0.1) is 18.6 Å². The van der Waals surface area contributed by atoms with Crippen molar-refractivity contribution in [1.29, 1.82) is 0 Å². The van der Waals surface area contributed by atoms with Gasteiger partial charge in [0, 0.05) is 20.7 Å². The molecule has 2 unspecified atom stereocenters. The van der Waals surface area contributed by atoms with E-state index in [4.69, 9.17) is 10.5 Å². The average Bonchev–Trinajstić information content (AvgIpc) is 2.43. The normalized spacial score (nSPS) is 13.3. The van der Waals surface area contributed by atoms with Crippen molar-refractivity contribution in [1.82, 2.24) is 4.90 Å². The number of carbonyl (C=O) groups excluding carboxylic acids is 1. The van der Waals surface area contributed by atoms with Crippen LogP contribution in [0.5, 0.6) is 0 Å². The number of nitrogens with two attached hydrogens (primary N) is 1. The van der Waals surface area contributed by atoms with Crippen molar-refractivity contribution in [3.8, 4) is 0 Å². The number of ether oxygens (including phenoxy) is 1. The highest BCUT2D eigenvalue weighted by Gasteiger charge is 2.20. The molecule has 4 nitrogen and oxygen atoms in total. The summed E-state index contributed by atoms with van der Waals surface area (Å²) in [5.74, 6) is 0.0450. The summed E-state index contributed by atoms with van der Waals surface area (Å²) in [6.45, 7) is 2.37. The molecule has 5 heteroatoms. The van der Waals surface area contributed by atoms with Crippen molar-refractivity contribution in [2.75, 3.05) is 20.7 Å². The first-order valence-electron chi connectivity index (χ1n) is 6.13. The molecule has 0 saturated carbocycles. The number of hydrogen-bond acceptors (Lipinski definition) is 3. The molecule has 0 bridgehead atoms. The van der Waals surface area contributed by atoms with E-state index in [9.17, 15) is 4.79 Å². The van der Waals surface area contributed by atoms with Crippen LogP contribution in [0.3, 0.4) is 0 Å². The summed E-state index contributed by atoms with van der Waals surface area (Å²) in [7, 11) is 3.38. The Kier molecular flexibility index (Phi) is 8.39. The van der Waals surface area contributed by atoms with Crippen LogP contribution in [0, 0.1) is 0 Å². The van der Waals surface area contributed by atoms with Crippen LogP contribution in [-0.4, -0.2) is 37.6 Å². The van der Waals surface area contributed by atoms with Gasteiger partial charge in [-0.25, -0.2) is 0 Å². The van der Waals surface area contributed by atoms with Crippen LogP contribution in [0.4, 0.5) is 0 Å². The van der Waals surface area contributed by atoms with E-state index in [2.05, 4.69) is 0 Å². The lowest BCUT2D eigenvalue weighted by atomic mass is 10.1. The van der Waals surface area contributed by atoms with E-state index in [1.54, 1.807) is 12.0 Å². The van der Waals surface area contributed by atoms with Gasteiger partial charge in [0.15, 0.2) is 0 Å². The average molecular weight is 287 g/mol. The maximum absolute atomic E-state index is 12.1. The van der Waals surface area contributed by atoms with Gasteiger partial charge >= 0.3 is 0 Å². The first-order valence-corrected chi connectivity index (χ1v) is 6.13. The SMILES string of the molecule is COC(CN)CC(=O)N(C)C(C)c1ccccc1.Cl. The molecule has 19 heavy (non-hydrogen) atoms. The molecule has 1 amide bonds. The van der Waals surface area contributed by atoms with E-state index in [0.717, 1.165) is 5.56 Å². The third kappa shape index (κ3) is 5.19. The largest absolute Gasteiger partial charge is 0.380 e. The molecule has 0 saturated heterocycles. The van der Waals surface area contributed by atoms with Crippen molar-refractivity contribution < 1.29 is 9.53 Å². The highest BCUT2D eigenvalue weighted by molar-refractivity contribution is 5.85. The Morgan fingerprint density at radius 3 is 2.42 bits per heavy atom. The summed E-state index contributed by atoms with van der Waals surface area (Å²) in [6, 6.07) is 10.0. The van der Waals surface area contributed by atoms with Crippen LogP contribution in [0.15, 0.2) is 30.3 Å². The number of carbonyl (C=O) groups is 1. The van der Waals surface area contributed by atoms with Gasteiger partial charge < -0.3 is 15.4 Å². The molecule has 0 heterocycles. The summed E-state index contributed by atoms with van der Waals surface area (Å²) in [4.78, 5) is 13.8. The van der Waals surface area contributed by atoms with Crippen LogP contribution >= 0.6 is 12.4 Å². The zero-order valence-electron chi connectivity index (χ0n) is 11.7. The molecule has 2 atom stereocenters. The smallest absolute Gasteiger partial charge is 0.225 e. The standard InChI is InChI=1S/C14H22N2O2.ClH/c1-11(12-7-5-4-6-8-12)16(2)14(17)9-13(10-15)18-3;/h4-8,11,13H,9-10,15H2,1-3H3;1H. The van der Waals surface area contributed by atoms with Crippen LogP contribution in [0.2, 0.25) is 0 Å². The van der Waals surface area contributed by atoms with Gasteiger partial charge in [0.2, 0.25) is 5.91 Å². The van der Waals surface area contributed by atoms with Crippen LogP contribution in [0.1, 0.15) is 24.9 Å². The molecule has 1 aromatic rings. The highest BCUT2D eigenvalue weighted by atomic mass is 35.5. The van der Waals surface area contributed by atoms with Crippen molar-refractivity contribution in [3.05, 3.63) is 35.9 Å². The molecule has 1 rings (SSSR count). The van der Waals surface area contributed by atoms with Crippen LogP contribution < -0.4 is 5.73 Å². The van der Waals surface area contributed by atoms with Crippen LogP contribution in [0.25, 0.3) is 0 Å². The van der Waals surface area contributed by atoms with Gasteiger partial charge in [-0.05, 0) is 12.5 Å². The second kappa shape index (κ2) is 8.91. The van der Waals surface area contributed by atoms with Crippen LogP contribution in [-0.2, 0) is 9.53 Å². The number of hydrogen-bond donors (Lipinski definition) is 1. The summed E-state index contributed by atoms with van der Waals surface area (Å²) < 4.78 is 5.13. The lowest BCUT2D eigenvalue weighted by molar-refractivity contribution is -0.134. The van der Waals surface area contributed by atoms with E-state index in [1.165, 1.54) is 0 Å². The van der Waals surface area contributed by atoms with Crippen molar-refractivity contribution >= 4 is 18.3 Å². The predicted octanol–water partition coefficient (Wildman–Crippen LogP) is 1.99. The van der Waals surface area contributed by atoms with E-state index >= 15 is 0 Å². The summed E-state index contributed by atoms with van der Waals surface area (Å²) >= 11 is 0. The summed E-state index contributed by atoms with van der Waals surface area (Å²) in [5.41, 5.74) is 6.64. The minimum Gasteiger partial charge on any atom is -0.380 e. The highest BCUT2D eigenvalue weighted by Crippen LogP contribution is 2.19. The first kappa shape index (κ1) is 17.9. The number of methoxy groups -OCH3 is 1. The first-order chi connectivity index (χ1) is 8.60. The minimum atomic E-state index is -0.206. The Morgan fingerprint density at radius 2 is 1.95 bits per heavy atom. The molecular formula is C14H23ClN2O2. The molecule has 2 N–H and O–H groups in total. The van der Waals surface area contributed by atoms with Gasteiger partial charge in [0.1, 0.15) is 0 Å². The molecule has 1 aromatic carbocycles. The van der Waals surface area contributed by atoms with E-state index in [1.807, 2.05) is 44.3 Å². The minimum absolute atomic E-state index is 0. The molecule has 0 aliphatic rings. The Balaban J connectivity index is 0.00000324. The Morgan fingerprint density at radius 1 is 1.37 bits per heavy atom. The lowest BCUT2D eigenvalue weighted by Crippen LogP contribution is -2.35. The Labute approximate surface area is 121 Å². The van der Waals surface area contributed by atoms with Crippen molar-refractivity contribution in [3.63, 3.8) is 0 Å². The molecule has 0 aromatic heterocycles. The molecule has 0 spiro atoms. The lowest BCUT2D eigenvalue weighted by Gasteiger charge is -2.26. The maximum Gasteiger partial charge on any atom is 0.225 e. The van der Waals surface area contributed by atoms with E-state index < -0.39 is 0 Å². The molecule has 0 aliphatic heterocycles. The zero-order valence-corrected chi connectivity index (χ0v) is 12.5. The monoisotopic (exact) mass is 286 g/mol.